The van der Waals surface area contributed by atoms with Gasteiger partial charge in [0.25, 0.3) is 5.91 Å². The zero-order valence-corrected chi connectivity index (χ0v) is 13.2. The average Bonchev–Trinajstić information content (AvgIpc) is 3.10. The summed E-state index contributed by atoms with van der Waals surface area (Å²) in [5.74, 6) is -2.11. The van der Waals surface area contributed by atoms with E-state index in [0.717, 1.165) is 25.5 Å². The van der Waals surface area contributed by atoms with Crippen molar-refractivity contribution in [3.8, 4) is 0 Å². The summed E-state index contributed by atoms with van der Waals surface area (Å²) in [5, 5.41) is 13.3. The van der Waals surface area contributed by atoms with Gasteiger partial charge in [0.05, 0.1) is 6.04 Å². The number of likely N-dealkylation sites (N-methyl/N-ethyl adjacent to an activating group) is 1. The van der Waals surface area contributed by atoms with Crippen LogP contribution in [0.1, 0.15) is 43.7 Å². The Morgan fingerprint density at radius 2 is 2.00 bits per heavy atom. The summed E-state index contributed by atoms with van der Waals surface area (Å²) in [5.41, 5.74) is -0.646. The summed E-state index contributed by atoms with van der Waals surface area (Å²) >= 11 is 0. The summed E-state index contributed by atoms with van der Waals surface area (Å²) < 4.78 is 26.7. The molecule has 0 radical (unpaired) electrons. The predicted octanol–water partition coefficient (Wildman–Crippen LogP) is 2.13. The molecule has 126 valence electrons. The number of hydrogen-bond donors (Lipinski definition) is 2. The monoisotopic (exact) mass is 324 g/mol. The maximum atomic E-state index is 13.5. The Labute approximate surface area is 134 Å². The fourth-order valence-electron chi connectivity index (χ4n) is 3.77. The Bertz CT molecular complexity index is 602. The molecule has 0 aromatic heterocycles. The minimum absolute atomic E-state index is 0.220. The molecule has 1 heterocycles. The van der Waals surface area contributed by atoms with Gasteiger partial charge in [-0.15, -0.1) is 0 Å². The third-order valence-corrected chi connectivity index (χ3v) is 5.10. The standard InChI is InChI=1S/C17H22F2N2O2/c1-21-9-6-14(20-16(22)17(23)7-2-3-8-17)15(21)11-4-5-12(18)13(19)10-11/h4-5,10,14-15,23H,2-3,6-9H2,1H3,(H,20,22)/t14-,15-/m1/s1. The van der Waals surface area contributed by atoms with Crippen LogP contribution in [0.5, 0.6) is 0 Å². The molecule has 4 nitrogen and oxygen atoms in total. The van der Waals surface area contributed by atoms with Gasteiger partial charge in [0.2, 0.25) is 0 Å². The average molecular weight is 324 g/mol. The molecular weight excluding hydrogens is 302 g/mol. The van der Waals surface area contributed by atoms with Gasteiger partial charge in [-0.3, -0.25) is 9.69 Å². The highest BCUT2D eigenvalue weighted by atomic mass is 19.2. The number of carbonyl (C=O) groups excluding carboxylic acids is 1. The van der Waals surface area contributed by atoms with E-state index in [1.54, 1.807) is 6.07 Å². The van der Waals surface area contributed by atoms with Crippen molar-refractivity contribution < 1.29 is 18.7 Å². The molecule has 2 atom stereocenters. The predicted molar refractivity (Wildman–Crippen MR) is 81.7 cm³/mol. The summed E-state index contributed by atoms with van der Waals surface area (Å²) in [4.78, 5) is 14.4. The third-order valence-electron chi connectivity index (χ3n) is 5.10. The largest absolute Gasteiger partial charge is 0.380 e. The molecule has 1 saturated carbocycles. The number of carbonyl (C=O) groups is 1. The van der Waals surface area contributed by atoms with Crippen molar-refractivity contribution in [2.75, 3.05) is 13.6 Å². The number of nitrogens with zero attached hydrogens (tertiary/aromatic N) is 1. The van der Waals surface area contributed by atoms with E-state index in [1.165, 1.54) is 6.07 Å². The van der Waals surface area contributed by atoms with Gasteiger partial charge in [0.15, 0.2) is 11.6 Å². The van der Waals surface area contributed by atoms with Crippen molar-refractivity contribution in [1.29, 1.82) is 0 Å². The van der Waals surface area contributed by atoms with Crippen LogP contribution in [-0.4, -0.2) is 41.1 Å². The molecular formula is C17H22F2N2O2. The normalized spacial score (nSPS) is 27.3. The van der Waals surface area contributed by atoms with Crippen LogP contribution in [0, 0.1) is 11.6 Å². The second-order valence-electron chi connectivity index (χ2n) is 6.71. The molecule has 23 heavy (non-hydrogen) atoms. The number of rotatable bonds is 3. The van der Waals surface area contributed by atoms with Crippen molar-refractivity contribution in [2.45, 2.75) is 49.8 Å². The summed E-state index contributed by atoms with van der Waals surface area (Å²) in [7, 11) is 1.89. The van der Waals surface area contributed by atoms with Gasteiger partial charge in [-0.2, -0.15) is 0 Å². The van der Waals surface area contributed by atoms with Crippen molar-refractivity contribution in [1.82, 2.24) is 10.2 Å². The highest BCUT2D eigenvalue weighted by Gasteiger charge is 2.42. The molecule has 2 N–H and O–H groups in total. The zero-order valence-electron chi connectivity index (χ0n) is 13.2. The van der Waals surface area contributed by atoms with E-state index in [2.05, 4.69) is 5.32 Å². The summed E-state index contributed by atoms with van der Waals surface area (Å²) in [6.07, 6.45) is 3.37. The van der Waals surface area contributed by atoms with Crippen molar-refractivity contribution in [3.63, 3.8) is 0 Å². The Morgan fingerprint density at radius 3 is 2.65 bits per heavy atom. The van der Waals surface area contributed by atoms with E-state index >= 15 is 0 Å². The summed E-state index contributed by atoms with van der Waals surface area (Å²) in [6.45, 7) is 0.743. The number of likely N-dealkylation sites (tertiary alicyclic amines) is 1. The number of hydrogen-bond acceptors (Lipinski definition) is 3. The van der Waals surface area contributed by atoms with E-state index in [0.29, 0.717) is 24.8 Å². The van der Waals surface area contributed by atoms with Crippen LogP contribution in [0.2, 0.25) is 0 Å². The van der Waals surface area contributed by atoms with Gasteiger partial charge in [-0.25, -0.2) is 8.78 Å². The Hall–Kier alpha value is -1.53. The quantitative estimate of drug-likeness (QED) is 0.896. The van der Waals surface area contributed by atoms with E-state index in [4.69, 9.17) is 0 Å². The van der Waals surface area contributed by atoms with Crippen molar-refractivity contribution in [3.05, 3.63) is 35.4 Å². The van der Waals surface area contributed by atoms with Gasteiger partial charge in [-0.1, -0.05) is 6.07 Å². The molecule has 1 aromatic rings. The molecule has 3 rings (SSSR count). The lowest BCUT2D eigenvalue weighted by Gasteiger charge is -2.29. The van der Waals surface area contributed by atoms with E-state index in [9.17, 15) is 18.7 Å². The Morgan fingerprint density at radius 1 is 1.30 bits per heavy atom. The number of nitrogens with one attached hydrogen (secondary N) is 1. The molecule has 2 aliphatic rings. The first-order valence-corrected chi connectivity index (χ1v) is 8.09. The smallest absolute Gasteiger partial charge is 0.252 e. The van der Waals surface area contributed by atoms with Crippen LogP contribution in [0.4, 0.5) is 8.78 Å². The minimum Gasteiger partial charge on any atom is -0.380 e. The zero-order chi connectivity index (χ0) is 16.6. The highest BCUT2D eigenvalue weighted by molar-refractivity contribution is 5.85. The molecule has 1 amide bonds. The van der Waals surface area contributed by atoms with Gasteiger partial charge in [0.1, 0.15) is 5.60 Å². The first-order valence-electron chi connectivity index (χ1n) is 8.09. The van der Waals surface area contributed by atoms with E-state index < -0.39 is 17.2 Å². The minimum atomic E-state index is -1.28. The van der Waals surface area contributed by atoms with E-state index in [1.807, 2.05) is 11.9 Å². The van der Waals surface area contributed by atoms with Crippen molar-refractivity contribution >= 4 is 5.91 Å². The first kappa shape index (κ1) is 16.3. The molecule has 1 saturated heterocycles. The second-order valence-corrected chi connectivity index (χ2v) is 6.71. The fraction of sp³-hybridized carbons (Fsp3) is 0.588. The lowest BCUT2D eigenvalue weighted by atomic mass is 9.97. The number of aliphatic hydroxyl groups is 1. The number of halogens is 2. The topological polar surface area (TPSA) is 52.6 Å². The number of benzene rings is 1. The molecule has 2 fully saturated rings. The maximum absolute atomic E-state index is 13.5. The SMILES string of the molecule is CN1CC[C@@H](NC(=O)C2(O)CCCC2)[C@H]1c1ccc(F)c(F)c1. The maximum Gasteiger partial charge on any atom is 0.252 e. The lowest BCUT2D eigenvalue weighted by molar-refractivity contribution is -0.140. The van der Waals surface area contributed by atoms with Crippen LogP contribution < -0.4 is 5.32 Å². The Kier molecular flexibility index (Phi) is 4.38. The van der Waals surface area contributed by atoms with Crippen LogP contribution in [-0.2, 0) is 4.79 Å². The van der Waals surface area contributed by atoms with Crippen LogP contribution in [0.25, 0.3) is 0 Å². The molecule has 6 heteroatoms. The molecule has 0 bridgehead atoms. The third kappa shape index (κ3) is 3.10. The fourth-order valence-corrected chi connectivity index (χ4v) is 3.77. The van der Waals surface area contributed by atoms with Gasteiger partial charge in [0, 0.05) is 12.6 Å². The summed E-state index contributed by atoms with van der Waals surface area (Å²) in [6, 6.07) is 3.40. The highest BCUT2D eigenvalue weighted by Crippen LogP contribution is 2.34. The lowest BCUT2D eigenvalue weighted by Crippen LogP contribution is -2.50. The number of amides is 1. The van der Waals surface area contributed by atoms with Gasteiger partial charge in [-0.05, 0) is 56.8 Å². The molecule has 1 aliphatic heterocycles. The molecule has 0 spiro atoms. The molecule has 1 aliphatic carbocycles. The first-order chi connectivity index (χ1) is 10.9. The van der Waals surface area contributed by atoms with E-state index in [-0.39, 0.29) is 18.0 Å². The Balaban J connectivity index is 1.78. The van der Waals surface area contributed by atoms with Gasteiger partial charge < -0.3 is 10.4 Å². The van der Waals surface area contributed by atoms with Crippen LogP contribution in [0.15, 0.2) is 18.2 Å². The molecule has 0 unspecified atom stereocenters. The van der Waals surface area contributed by atoms with Gasteiger partial charge >= 0.3 is 0 Å². The van der Waals surface area contributed by atoms with Crippen LogP contribution >= 0.6 is 0 Å². The van der Waals surface area contributed by atoms with Crippen LogP contribution in [0.3, 0.4) is 0 Å². The van der Waals surface area contributed by atoms with Crippen molar-refractivity contribution in [2.24, 2.45) is 0 Å². The molecule has 1 aromatic carbocycles. The second kappa shape index (κ2) is 6.17.